The number of nitrogens with one attached hydrogen (secondary N) is 2. The summed E-state index contributed by atoms with van der Waals surface area (Å²) in [5, 5.41) is 5.72. The predicted octanol–water partition coefficient (Wildman–Crippen LogP) is 2.35. The Bertz CT molecular complexity index is 482. The Morgan fingerprint density at radius 1 is 1.10 bits per heavy atom. The van der Waals surface area contributed by atoms with E-state index in [1.165, 1.54) is 5.56 Å². The Kier molecular flexibility index (Phi) is 4.77. The van der Waals surface area contributed by atoms with Crippen LogP contribution in [0.3, 0.4) is 0 Å². The van der Waals surface area contributed by atoms with Crippen molar-refractivity contribution in [2.45, 2.75) is 33.1 Å². The molecule has 0 bridgehead atoms. The molecule has 1 saturated carbocycles. The Morgan fingerprint density at radius 3 is 2.35 bits per heavy atom. The van der Waals surface area contributed by atoms with Gasteiger partial charge in [-0.15, -0.1) is 0 Å². The van der Waals surface area contributed by atoms with Crippen LogP contribution in [-0.4, -0.2) is 18.4 Å². The summed E-state index contributed by atoms with van der Waals surface area (Å²) in [6.07, 6.45) is 2.56. The summed E-state index contributed by atoms with van der Waals surface area (Å²) in [6.45, 7) is 4.79. The average molecular weight is 274 g/mol. The third-order valence-corrected chi connectivity index (χ3v) is 3.64. The van der Waals surface area contributed by atoms with E-state index in [2.05, 4.69) is 17.6 Å². The lowest BCUT2D eigenvalue weighted by atomic mass is 10.1. The first-order valence-corrected chi connectivity index (χ1v) is 7.33. The minimum atomic E-state index is -0.169. The highest BCUT2D eigenvalue weighted by Crippen LogP contribution is 2.39. The lowest BCUT2D eigenvalue weighted by Gasteiger charge is -2.06. The van der Waals surface area contributed by atoms with Gasteiger partial charge >= 0.3 is 0 Å². The molecular formula is C16H22N2O2. The minimum absolute atomic E-state index is 0.00771. The van der Waals surface area contributed by atoms with Crippen LogP contribution in [0.1, 0.15) is 32.3 Å². The van der Waals surface area contributed by atoms with Crippen molar-refractivity contribution in [1.29, 1.82) is 0 Å². The summed E-state index contributed by atoms with van der Waals surface area (Å²) >= 11 is 0. The molecule has 1 fully saturated rings. The third-order valence-electron chi connectivity index (χ3n) is 3.64. The maximum atomic E-state index is 12.0. The fraction of sp³-hybridized carbons (Fsp3) is 0.500. The lowest BCUT2D eigenvalue weighted by molar-refractivity contribution is -0.125. The van der Waals surface area contributed by atoms with Crippen molar-refractivity contribution in [2.24, 2.45) is 11.8 Å². The first kappa shape index (κ1) is 14.6. The number of carbonyl (C=O) groups is 2. The van der Waals surface area contributed by atoms with Gasteiger partial charge in [0.25, 0.3) is 0 Å². The quantitative estimate of drug-likeness (QED) is 0.836. The molecule has 2 atom stereocenters. The lowest BCUT2D eigenvalue weighted by Crippen LogP contribution is -2.27. The van der Waals surface area contributed by atoms with Gasteiger partial charge in [0.2, 0.25) is 11.8 Å². The second-order valence-corrected chi connectivity index (χ2v) is 5.28. The zero-order valence-electron chi connectivity index (χ0n) is 12.1. The Balaban J connectivity index is 1.82. The zero-order valence-corrected chi connectivity index (χ0v) is 12.1. The smallest absolute Gasteiger partial charge is 0.228 e. The molecule has 0 aliphatic heterocycles. The molecule has 1 aromatic rings. The van der Waals surface area contributed by atoms with Gasteiger partial charge in [-0.05, 0) is 37.0 Å². The third kappa shape index (κ3) is 3.59. The molecule has 0 aromatic heterocycles. The summed E-state index contributed by atoms with van der Waals surface area (Å²) in [4.78, 5) is 23.8. The van der Waals surface area contributed by atoms with E-state index < -0.39 is 0 Å². The highest BCUT2D eigenvalue weighted by Gasteiger charge is 2.47. The van der Waals surface area contributed by atoms with Gasteiger partial charge in [0, 0.05) is 12.2 Å². The highest BCUT2D eigenvalue weighted by atomic mass is 16.2. The second-order valence-electron chi connectivity index (χ2n) is 5.28. The average Bonchev–Trinajstić information content (AvgIpc) is 3.26. The summed E-state index contributed by atoms with van der Waals surface area (Å²) in [5.41, 5.74) is 2.04. The van der Waals surface area contributed by atoms with Gasteiger partial charge in [0.05, 0.1) is 11.8 Å². The number of amides is 2. The largest absolute Gasteiger partial charge is 0.356 e. The number of carbonyl (C=O) groups excluding carboxylic acids is 2. The Morgan fingerprint density at radius 2 is 1.75 bits per heavy atom. The van der Waals surface area contributed by atoms with E-state index in [1.807, 2.05) is 31.2 Å². The summed E-state index contributed by atoms with van der Waals surface area (Å²) in [5.74, 6) is -0.353. The van der Waals surface area contributed by atoms with Crippen molar-refractivity contribution in [2.75, 3.05) is 11.9 Å². The Labute approximate surface area is 119 Å². The summed E-state index contributed by atoms with van der Waals surface area (Å²) < 4.78 is 0. The fourth-order valence-corrected chi connectivity index (χ4v) is 2.21. The molecule has 4 nitrogen and oxygen atoms in total. The number of benzene rings is 1. The molecule has 1 aliphatic carbocycles. The topological polar surface area (TPSA) is 58.2 Å². The molecule has 0 spiro atoms. The van der Waals surface area contributed by atoms with Crippen LogP contribution in [0.15, 0.2) is 24.3 Å². The maximum Gasteiger partial charge on any atom is 0.228 e. The monoisotopic (exact) mass is 274 g/mol. The van der Waals surface area contributed by atoms with Crippen LogP contribution >= 0.6 is 0 Å². The predicted molar refractivity (Wildman–Crippen MR) is 79.3 cm³/mol. The van der Waals surface area contributed by atoms with Gasteiger partial charge < -0.3 is 10.6 Å². The molecule has 4 heteroatoms. The molecule has 0 radical (unpaired) electrons. The molecule has 1 aliphatic rings. The van der Waals surface area contributed by atoms with E-state index in [1.54, 1.807) is 0 Å². The van der Waals surface area contributed by atoms with E-state index in [4.69, 9.17) is 0 Å². The van der Waals surface area contributed by atoms with E-state index in [9.17, 15) is 9.59 Å². The molecular weight excluding hydrogens is 252 g/mol. The van der Waals surface area contributed by atoms with Crippen LogP contribution in [0.2, 0.25) is 0 Å². The van der Waals surface area contributed by atoms with E-state index in [0.717, 1.165) is 18.5 Å². The molecule has 0 heterocycles. The highest BCUT2D eigenvalue weighted by molar-refractivity contribution is 5.99. The second kappa shape index (κ2) is 6.55. The van der Waals surface area contributed by atoms with Crippen LogP contribution in [0, 0.1) is 11.8 Å². The summed E-state index contributed by atoms with van der Waals surface area (Å²) in [6, 6.07) is 7.83. The minimum Gasteiger partial charge on any atom is -0.356 e. The van der Waals surface area contributed by atoms with E-state index in [-0.39, 0.29) is 23.7 Å². The van der Waals surface area contributed by atoms with E-state index >= 15 is 0 Å². The van der Waals surface area contributed by atoms with Gasteiger partial charge in [-0.3, -0.25) is 9.59 Å². The number of rotatable bonds is 6. The van der Waals surface area contributed by atoms with Crippen molar-refractivity contribution in [3.8, 4) is 0 Å². The van der Waals surface area contributed by atoms with Gasteiger partial charge in [0.15, 0.2) is 0 Å². The van der Waals surface area contributed by atoms with Gasteiger partial charge in [-0.2, -0.15) is 0 Å². The summed E-state index contributed by atoms with van der Waals surface area (Å²) in [7, 11) is 0. The molecule has 2 N–H and O–H groups in total. The van der Waals surface area contributed by atoms with Gasteiger partial charge in [-0.1, -0.05) is 26.0 Å². The zero-order chi connectivity index (χ0) is 14.5. The fourth-order valence-electron chi connectivity index (χ4n) is 2.21. The standard InChI is InChI=1S/C16H22N2O2/c1-3-9-17-15(19)13-10-14(13)16(20)18-12-7-5-11(4-2)6-8-12/h5-8,13-14H,3-4,9-10H2,1-2H3,(H,17,19)(H,18,20). The molecule has 108 valence electrons. The molecule has 2 rings (SSSR count). The van der Waals surface area contributed by atoms with Gasteiger partial charge in [0.1, 0.15) is 0 Å². The molecule has 0 saturated heterocycles. The van der Waals surface area contributed by atoms with Gasteiger partial charge in [-0.25, -0.2) is 0 Å². The molecule has 20 heavy (non-hydrogen) atoms. The van der Waals surface area contributed by atoms with Crippen molar-refractivity contribution in [3.63, 3.8) is 0 Å². The maximum absolute atomic E-state index is 12.0. The first-order chi connectivity index (χ1) is 9.65. The molecule has 1 aromatic carbocycles. The van der Waals surface area contributed by atoms with Crippen LogP contribution in [0.25, 0.3) is 0 Å². The van der Waals surface area contributed by atoms with Crippen LogP contribution in [0.4, 0.5) is 5.69 Å². The van der Waals surface area contributed by atoms with E-state index in [0.29, 0.717) is 13.0 Å². The number of hydrogen-bond donors (Lipinski definition) is 2. The Hall–Kier alpha value is -1.84. The SMILES string of the molecule is CCCNC(=O)C1CC1C(=O)Nc1ccc(CC)cc1. The van der Waals surface area contributed by atoms with Crippen LogP contribution in [0.5, 0.6) is 0 Å². The van der Waals surface area contributed by atoms with Crippen molar-refractivity contribution in [1.82, 2.24) is 5.32 Å². The first-order valence-electron chi connectivity index (χ1n) is 7.33. The van der Waals surface area contributed by atoms with Crippen molar-refractivity contribution in [3.05, 3.63) is 29.8 Å². The van der Waals surface area contributed by atoms with Crippen molar-refractivity contribution >= 4 is 17.5 Å². The van der Waals surface area contributed by atoms with Crippen LogP contribution < -0.4 is 10.6 Å². The number of anilines is 1. The van der Waals surface area contributed by atoms with Crippen molar-refractivity contribution < 1.29 is 9.59 Å². The number of aryl methyl sites for hydroxylation is 1. The normalized spacial score (nSPS) is 20.3. The van der Waals surface area contributed by atoms with Crippen LogP contribution in [-0.2, 0) is 16.0 Å². The number of hydrogen-bond acceptors (Lipinski definition) is 2. The molecule has 2 amide bonds. The molecule has 2 unspecified atom stereocenters.